The highest BCUT2D eigenvalue weighted by Gasteiger charge is 2.51. The molecule has 3 saturated heterocycles. The molecule has 2 N–H and O–H groups in total. The van der Waals surface area contributed by atoms with Gasteiger partial charge in [0.1, 0.15) is 12.1 Å². The summed E-state index contributed by atoms with van der Waals surface area (Å²) in [7, 11) is 0. The van der Waals surface area contributed by atoms with E-state index in [0.29, 0.717) is 12.6 Å². The van der Waals surface area contributed by atoms with Crippen molar-refractivity contribution in [1.82, 2.24) is 15.1 Å². The van der Waals surface area contributed by atoms with Crippen molar-refractivity contribution < 1.29 is 19.3 Å². The summed E-state index contributed by atoms with van der Waals surface area (Å²) in [5, 5.41) is 18.6. The van der Waals surface area contributed by atoms with Crippen LogP contribution in [0, 0.1) is 0 Å². The van der Waals surface area contributed by atoms with Crippen molar-refractivity contribution in [2.24, 2.45) is 0 Å². The number of hydrogen-bond acceptors (Lipinski definition) is 6. The Morgan fingerprint density at radius 3 is 2.90 bits per heavy atom. The highest BCUT2D eigenvalue weighted by molar-refractivity contribution is 5.01. The van der Waals surface area contributed by atoms with Crippen molar-refractivity contribution in [1.29, 1.82) is 0 Å². The van der Waals surface area contributed by atoms with Crippen molar-refractivity contribution in [3.05, 3.63) is 18.5 Å². The Kier molecular flexibility index (Phi) is 3.68. The number of nitrogens with zero attached hydrogens (tertiary/aromatic N) is 2. The first kappa shape index (κ1) is 13.7. The van der Waals surface area contributed by atoms with E-state index in [1.54, 1.807) is 10.9 Å². The van der Waals surface area contributed by atoms with Crippen molar-refractivity contribution in [2.45, 2.75) is 49.5 Å². The second-order valence-corrected chi connectivity index (χ2v) is 5.92. The second-order valence-electron chi connectivity index (χ2n) is 5.92. The quantitative estimate of drug-likeness (QED) is 0.796. The van der Waals surface area contributed by atoms with Gasteiger partial charge in [-0.05, 0) is 18.9 Å². The molecule has 4 rings (SSSR count). The molecule has 21 heavy (non-hydrogen) atoms. The van der Waals surface area contributed by atoms with Gasteiger partial charge >= 0.3 is 0 Å². The third-order valence-electron chi connectivity index (χ3n) is 4.61. The van der Waals surface area contributed by atoms with Gasteiger partial charge in [-0.15, -0.1) is 0 Å². The van der Waals surface area contributed by atoms with Gasteiger partial charge < -0.3 is 24.6 Å². The molecule has 4 heterocycles. The van der Waals surface area contributed by atoms with Crippen LogP contribution in [0.1, 0.15) is 18.9 Å². The SMILES string of the molecule is OC1C(NC2CCOCC2)C2COC(O2)C1n1cccn1. The highest BCUT2D eigenvalue weighted by Crippen LogP contribution is 2.35. The zero-order valence-corrected chi connectivity index (χ0v) is 11.8. The van der Waals surface area contributed by atoms with Gasteiger partial charge in [-0.1, -0.05) is 0 Å². The van der Waals surface area contributed by atoms with Gasteiger partial charge in [-0.3, -0.25) is 4.68 Å². The van der Waals surface area contributed by atoms with Crippen LogP contribution >= 0.6 is 0 Å². The normalized spacial score (nSPS) is 40.5. The maximum absolute atomic E-state index is 10.8. The van der Waals surface area contributed by atoms with Crippen molar-refractivity contribution in [2.75, 3.05) is 19.8 Å². The van der Waals surface area contributed by atoms with Crippen LogP contribution in [0.3, 0.4) is 0 Å². The predicted molar refractivity (Wildman–Crippen MR) is 72.6 cm³/mol. The number of nitrogens with one attached hydrogen (secondary N) is 1. The summed E-state index contributed by atoms with van der Waals surface area (Å²) in [6, 6.07) is 1.75. The first-order chi connectivity index (χ1) is 10.3. The zero-order chi connectivity index (χ0) is 14.2. The summed E-state index contributed by atoms with van der Waals surface area (Å²) >= 11 is 0. The molecular weight excluding hydrogens is 274 g/mol. The number of aliphatic hydroxyl groups is 1. The van der Waals surface area contributed by atoms with Crippen molar-refractivity contribution >= 4 is 0 Å². The number of hydrogen-bond donors (Lipinski definition) is 2. The summed E-state index contributed by atoms with van der Waals surface area (Å²) in [5.41, 5.74) is 0. The third kappa shape index (κ3) is 2.49. The van der Waals surface area contributed by atoms with Crippen LogP contribution in [0.4, 0.5) is 0 Å². The number of rotatable bonds is 3. The highest BCUT2D eigenvalue weighted by atomic mass is 16.7. The molecule has 0 spiro atoms. The third-order valence-corrected chi connectivity index (χ3v) is 4.61. The monoisotopic (exact) mass is 295 g/mol. The van der Waals surface area contributed by atoms with E-state index in [1.807, 2.05) is 12.3 Å². The Bertz CT molecular complexity index is 463. The lowest BCUT2D eigenvalue weighted by molar-refractivity contribution is -0.169. The first-order valence-corrected chi connectivity index (χ1v) is 7.61. The second kappa shape index (κ2) is 5.66. The van der Waals surface area contributed by atoms with Gasteiger partial charge in [0.2, 0.25) is 0 Å². The lowest BCUT2D eigenvalue weighted by Gasteiger charge is -2.40. The molecule has 0 aromatic carbocycles. The van der Waals surface area contributed by atoms with Gasteiger partial charge in [-0.2, -0.15) is 5.10 Å². The fourth-order valence-corrected chi connectivity index (χ4v) is 3.48. The fraction of sp³-hybridized carbons (Fsp3) is 0.786. The summed E-state index contributed by atoms with van der Waals surface area (Å²) < 4.78 is 18.7. The fourth-order valence-electron chi connectivity index (χ4n) is 3.48. The van der Waals surface area contributed by atoms with E-state index < -0.39 is 12.4 Å². The van der Waals surface area contributed by atoms with E-state index in [1.165, 1.54) is 0 Å². The molecule has 116 valence electrons. The number of fused-ring (bicyclic) bond motifs is 2. The molecule has 0 aliphatic carbocycles. The zero-order valence-electron chi connectivity index (χ0n) is 11.8. The number of aliphatic hydroxyl groups excluding tert-OH is 1. The van der Waals surface area contributed by atoms with Gasteiger partial charge in [-0.25, -0.2) is 0 Å². The molecule has 0 radical (unpaired) electrons. The molecular formula is C14H21N3O4. The molecule has 7 nitrogen and oxygen atoms in total. The van der Waals surface area contributed by atoms with Crippen LogP contribution in [0.5, 0.6) is 0 Å². The topological polar surface area (TPSA) is 77.8 Å². The van der Waals surface area contributed by atoms with Gasteiger partial charge in [0.15, 0.2) is 6.29 Å². The lowest BCUT2D eigenvalue weighted by atomic mass is 9.94. The summed E-state index contributed by atoms with van der Waals surface area (Å²) in [6.07, 6.45) is 4.37. The molecule has 3 aliphatic rings. The standard InChI is InChI=1S/C14H21N3O4/c18-13-11(16-9-2-6-19-7-3-9)10-8-20-14(21-10)12(13)17-5-1-4-15-17/h1,4-5,9-14,16,18H,2-3,6-8H2. The minimum atomic E-state index is -0.584. The van der Waals surface area contributed by atoms with Crippen LogP contribution < -0.4 is 5.32 Å². The van der Waals surface area contributed by atoms with Gasteiger partial charge in [0.05, 0.1) is 18.8 Å². The van der Waals surface area contributed by atoms with Crippen LogP contribution in [0.2, 0.25) is 0 Å². The first-order valence-electron chi connectivity index (χ1n) is 7.61. The van der Waals surface area contributed by atoms with Crippen LogP contribution in [-0.4, -0.2) is 65.3 Å². The molecule has 2 bridgehead atoms. The average molecular weight is 295 g/mol. The Hall–Kier alpha value is -0.990. The Balaban J connectivity index is 1.52. The Labute approximate surface area is 123 Å². The molecule has 1 aromatic rings. The predicted octanol–water partition coefficient (Wildman–Crippen LogP) is -0.323. The van der Waals surface area contributed by atoms with E-state index in [4.69, 9.17) is 14.2 Å². The number of aromatic nitrogens is 2. The van der Waals surface area contributed by atoms with Crippen LogP contribution in [0.15, 0.2) is 18.5 Å². The summed E-state index contributed by atoms with van der Waals surface area (Å²) in [6.45, 7) is 2.06. The minimum Gasteiger partial charge on any atom is -0.389 e. The van der Waals surface area contributed by atoms with E-state index in [9.17, 15) is 5.11 Å². The van der Waals surface area contributed by atoms with E-state index >= 15 is 0 Å². The van der Waals surface area contributed by atoms with Crippen molar-refractivity contribution in [3.63, 3.8) is 0 Å². The maximum Gasteiger partial charge on any atom is 0.183 e. The lowest BCUT2D eigenvalue weighted by Crippen LogP contribution is -2.60. The van der Waals surface area contributed by atoms with E-state index in [2.05, 4.69) is 10.4 Å². The van der Waals surface area contributed by atoms with Crippen LogP contribution in [0.25, 0.3) is 0 Å². The van der Waals surface area contributed by atoms with E-state index in [-0.39, 0.29) is 18.2 Å². The molecule has 5 unspecified atom stereocenters. The molecule has 3 fully saturated rings. The van der Waals surface area contributed by atoms with Crippen LogP contribution in [-0.2, 0) is 14.2 Å². The molecule has 0 saturated carbocycles. The van der Waals surface area contributed by atoms with E-state index in [0.717, 1.165) is 26.1 Å². The Morgan fingerprint density at radius 1 is 1.29 bits per heavy atom. The maximum atomic E-state index is 10.8. The minimum absolute atomic E-state index is 0.0975. The Morgan fingerprint density at radius 2 is 2.14 bits per heavy atom. The van der Waals surface area contributed by atoms with Crippen molar-refractivity contribution in [3.8, 4) is 0 Å². The largest absolute Gasteiger partial charge is 0.389 e. The molecule has 5 atom stereocenters. The smallest absolute Gasteiger partial charge is 0.183 e. The molecule has 3 aliphatic heterocycles. The molecule has 7 heteroatoms. The number of ether oxygens (including phenoxy) is 3. The summed E-state index contributed by atoms with van der Waals surface area (Å²) in [4.78, 5) is 0. The average Bonchev–Trinajstić information content (AvgIpc) is 3.16. The van der Waals surface area contributed by atoms with Gasteiger partial charge in [0, 0.05) is 31.6 Å². The summed E-state index contributed by atoms with van der Waals surface area (Å²) in [5.74, 6) is 0. The van der Waals surface area contributed by atoms with Gasteiger partial charge in [0.25, 0.3) is 0 Å². The molecule has 0 amide bonds. The molecule has 1 aromatic heterocycles.